The third kappa shape index (κ3) is 0.513. The number of fused-ring (bicyclic) bond motifs is 1. The molecule has 3 aliphatic rings. The van der Waals surface area contributed by atoms with Crippen molar-refractivity contribution >= 4 is 15.9 Å². The number of alkyl halides is 1. The molecule has 0 aromatic heterocycles. The standard InChI is InChI=1S/C7H11Br/c8-4-7-5-1-2-6(7)3-5/h5-7H,1-4H2. The van der Waals surface area contributed by atoms with Crippen LogP contribution in [0.25, 0.3) is 0 Å². The van der Waals surface area contributed by atoms with Gasteiger partial charge >= 0.3 is 0 Å². The highest BCUT2D eigenvalue weighted by molar-refractivity contribution is 9.09. The third-order valence-electron chi connectivity index (χ3n) is 2.90. The predicted molar refractivity (Wildman–Crippen MR) is 38.1 cm³/mol. The highest BCUT2D eigenvalue weighted by Crippen LogP contribution is 2.53. The van der Waals surface area contributed by atoms with E-state index in [0.29, 0.717) is 0 Å². The van der Waals surface area contributed by atoms with Crippen LogP contribution < -0.4 is 0 Å². The fourth-order valence-electron chi connectivity index (χ4n) is 2.27. The summed E-state index contributed by atoms with van der Waals surface area (Å²) >= 11 is 3.55. The summed E-state index contributed by atoms with van der Waals surface area (Å²) in [5, 5.41) is 1.27. The van der Waals surface area contributed by atoms with Gasteiger partial charge in [0.2, 0.25) is 0 Å². The summed E-state index contributed by atoms with van der Waals surface area (Å²) in [7, 11) is 0. The minimum absolute atomic E-state index is 1.08. The van der Waals surface area contributed by atoms with Crippen LogP contribution in [0, 0.1) is 17.8 Å². The van der Waals surface area contributed by atoms with E-state index in [1.165, 1.54) is 18.2 Å². The molecule has 0 nitrogen and oxygen atoms in total. The van der Waals surface area contributed by atoms with Gasteiger partial charge < -0.3 is 0 Å². The van der Waals surface area contributed by atoms with E-state index in [4.69, 9.17) is 0 Å². The van der Waals surface area contributed by atoms with Gasteiger partial charge in [0.25, 0.3) is 0 Å². The highest BCUT2D eigenvalue weighted by Gasteiger charge is 2.45. The van der Waals surface area contributed by atoms with Crippen LogP contribution in [0.1, 0.15) is 19.3 Å². The number of halogens is 1. The fourth-order valence-corrected chi connectivity index (χ4v) is 3.33. The largest absolute Gasteiger partial charge is 0.0925 e. The first kappa shape index (κ1) is 5.28. The third-order valence-corrected chi connectivity index (χ3v) is 3.65. The van der Waals surface area contributed by atoms with Gasteiger partial charge in [0, 0.05) is 5.33 Å². The molecule has 0 aromatic rings. The van der Waals surface area contributed by atoms with Gasteiger partial charge in [0.15, 0.2) is 0 Å². The van der Waals surface area contributed by atoms with Gasteiger partial charge in [0.1, 0.15) is 0 Å². The van der Waals surface area contributed by atoms with Crippen LogP contribution in [0.15, 0.2) is 0 Å². The smallest absolute Gasteiger partial charge is 0.00649 e. The monoisotopic (exact) mass is 174 g/mol. The average molecular weight is 175 g/mol. The van der Waals surface area contributed by atoms with Crippen LogP contribution in [0.4, 0.5) is 0 Å². The molecule has 3 rings (SSSR count). The van der Waals surface area contributed by atoms with Crippen LogP contribution >= 0.6 is 15.9 Å². The summed E-state index contributed by atoms with van der Waals surface area (Å²) in [5.41, 5.74) is 0. The molecule has 0 spiro atoms. The van der Waals surface area contributed by atoms with Gasteiger partial charge in [-0.25, -0.2) is 0 Å². The number of hydrogen-bond donors (Lipinski definition) is 0. The van der Waals surface area contributed by atoms with Crippen molar-refractivity contribution in [1.82, 2.24) is 0 Å². The molecule has 1 heteroatoms. The summed E-state index contributed by atoms with van der Waals surface area (Å²) in [6.07, 6.45) is 4.61. The lowest BCUT2D eigenvalue weighted by Gasteiger charge is -2.34. The Hall–Kier alpha value is 0.480. The molecule has 46 valence electrons. The molecule has 2 atom stereocenters. The first-order valence-electron chi connectivity index (χ1n) is 3.48. The van der Waals surface area contributed by atoms with Crippen molar-refractivity contribution in [3.63, 3.8) is 0 Å². The van der Waals surface area contributed by atoms with Crippen LogP contribution in [-0.2, 0) is 0 Å². The maximum absolute atomic E-state index is 3.55. The zero-order valence-corrected chi connectivity index (χ0v) is 6.52. The zero-order valence-electron chi connectivity index (χ0n) is 4.94. The van der Waals surface area contributed by atoms with Crippen molar-refractivity contribution in [3.05, 3.63) is 0 Å². The van der Waals surface area contributed by atoms with Gasteiger partial charge in [-0.2, -0.15) is 0 Å². The van der Waals surface area contributed by atoms with Gasteiger partial charge in [-0.05, 0) is 37.0 Å². The summed E-state index contributed by atoms with van der Waals surface area (Å²) in [4.78, 5) is 0. The van der Waals surface area contributed by atoms with E-state index >= 15 is 0 Å². The van der Waals surface area contributed by atoms with E-state index < -0.39 is 0 Å². The molecule has 3 fully saturated rings. The van der Waals surface area contributed by atoms with E-state index in [1.807, 2.05) is 0 Å². The minimum atomic E-state index is 1.08. The molecule has 0 radical (unpaired) electrons. The lowest BCUT2D eigenvalue weighted by atomic mass is 9.74. The lowest BCUT2D eigenvalue weighted by molar-refractivity contribution is 0.185. The molecule has 8 heavy (non-hydrogen) atoms. The van der Waals surface area contributed by atoms with E-state index in [1.54, 1.807) is 6.42 Å². The Morgan fingerprint density at radius 2 is 1.88 bits per heavy atom. The van der Waals surface area contributed by atoms with Crippen LogP contribution in [0.2, 0.25) is 0 Å². The van der Waals surface area contributed by atoms with Crippen LogP contribution in [0.3, 0.4) is 0 Å². The van der Waals surface area contributed by atoms with Crippen LogP contribution in [-0.4, -0.2) is 5.33 Å². The number of rotatable bonds is 1. The zero-order chi connectivity index (χ0) is 5.56. The van der Waals surface area contributed by atoms with Crippen molar-refractivity contribution in [2.75, 3.05) is 5.33 Å². The quantitative estimate of drug-likeness (QED) is 0.537. The first-order chi connectivity index (χ1) is 3.92. The second-order valence-corrected chi connectivity index (χ2v) is 3.80. The lowest BCUT2D eigenvalue weighted by Crippen LogP contribution is -2.28. The average Bonchev–Trinajstić information content (AvgIpc) is 2.19. The molecule has 0 saturated heterocycles. The fraction of sp³-hybridized carbons (Fsp3) is 1.00. The summed E-state index contributed by atoms with van der Waals surface area (Å²) in [5.74, 6) is 3.33. The van der Waals surface area contributed by atoms with E-state index in [-0.39, 0.29) is 0 Å². The second-order valence-electron chi connectivity index (χ2n) is 3.15. The molecule has 0 amide bonds. The highest BCUT2D eigenvalue weighted by atomic mass is 79.9. The van der Waals surface area contributed by atoms with Crippen LogP contribution in [0.5, 0.6) is 0 Å². The predicted octanol–water partition coefficient (Wildman–Crippen LogP) is 2.43. The van der Waals surface area contributed by atoms with E-state index in [9.17, 15) is 0 Å². The Labute approximate surface area is 58.8 Å². The van der Waals surface area contributed by atoms with E-state index in [0.717, 1.165) is 17.8 Å². The molecule has 2 bridgehead atoms. The van der Waals surface area contributed by atoms with Crippen molar-refractivity contribution in [3.8, 4) is 0 Å². The normalized spacial score (nSPS) is 51.4. The maximum Gasteiger partial charge on any atom is 0.00649 e. The van der Waals surface area contributed by atoms with Gasteiger partial charge in [-0.15, -0.1) is 0 Å². The van der Waals surface area contributed by atoms with Crippen molar-refractivity contribution < 1.29 is 0 Å². The first-order valence-corrected chi connectivity index (χ1v) is 4.60. The maximum atomic E-state index is 3.55. The molecule has 0 aromatic carbocycles. The van der Waals surface area contributed by atoms with E-state index in [2.05, 4.69) is 15.9 Å². The minimum Gasteiger partial charge on any atom is -0.0925 e. The van der Waals surface area contributed by atoms with Gasteiger partial charge in [-0.1, -0.05) is 15.9 Å². The van der Waals surface area contributed by atoms with Crippen molar-refractivity contribution in [2.24, 2.45) is 17.8 Å². The van der Waals surface area contributed by atoms with Gasteiger partial charge in [0.05, 0.1) is 0 Å². The Kier molecular flexibility index (Phi) is 1.14. The molecule has 0 aliphatic heterocycles. The Bertz CT molecular complexity index is 86.6. The second kappa shape index (κ2) is 1.73. The summed E-state index contributed by atoms with van der Waals surface area (Å²) in [6.45, 7) is 0. The Morgan fingerprint density at radius 3 is 2.12 bits per heavy atom. The molecule has 3 aliphatic carbocycles. The van der Waals surface area contributed by atoms with Gasteiger partial charge in [-0.3, -0.25) is 0 Å². The van der Waals surface area contributed by atoms with Crippen molar-refractivity contribution in [2.45, 2.75) is 19.3 Å². The number of hydrogen-bond acceptors (Lipinski definition) is 0. The summed E-state index contributed by atoms with van der Waals surface area (Å²) in [6, 6.07) is 0. The Balaban J connectivity index is 2.02. The van der Waals surface area contributed by atoms with Crippen molar-refractivity contribution in [1.29, 1.82) is 0 Å². The molecule has 0 heterocycles. The SMILES string of the molecule is BrCC1C2CCC1C2. The molecule has 3 saturated carbocycles. The molecular formula is C7H11Br. The summed E-state index contributed by atoms with van der Waals surface area (Å²) < 4.78 is 0. The molecular weight excluding hydrogens is 164 g/mol. The Morgan fingerprint density at radius 1 is 1.25 bits per heavy atom. The topological polar surface area (TPSA) is 0 Å². The molecule has 2 unspecified atom stereocenters. The molecule has 0 N–H and O–H groups in total.